The molecule has 3 heteroatoms. The Hall–Kier alpha value is -0.570. The van der Waals surface area contributed by atoms with Crippen molar-refractivity contribution in [1.29, 1.82) is 0 Å². The zero-order valence-corrected chi connectivity index (χ0v) is 12.9. The van der Waals surface area contributed by atoms with Gasteiger partial charge in [-0.15, -0.1) is 0 Å². The van der Waals surface area contributed by atoms with E-state index >= 15 is 0 Å². The van der Waals surface area contributed by atoms with Gasteiger partial charge in [-0.3, -0.25) is 0 Å². The monoisotopic (exact) mass is 283 g/mol. The molecule has 1 rings (SSSR count). The van der Waals surface area contributed by atoms with Crippen LogP contribution in [0.5, 0.6) is 0 Å². The standard InChI is InChI=1S/C16H26ClNO/c1-3-5-6-11-19-16(13-18-10-4-2)14-8-7-9-15(17)12-14/h7-9,12,16,18H,3-6,10-11,13H2,1-2H3. The molecule has 1 N–H and O–H groups in total. The minimum absolute atomic E-state index is 0.0992. The van der Waals surface area contributed by atoms with E-state index in [1.165, 1.54) is 12.8 Å². The number of unbranched alkanes of at least 4 members (excludes halogenated alkanes) is 2. The van der Waals surface area contributed by atoms with Crippen LogP contribution in [0.2, 0.25) is 5.02 Å². The van der Waals surface area contributed by atoms with Crippen LogP contribution in [-0.2, 0) is 4.74 Å². The fraction of sp³-hybridized carbons (Fsp3) is 0.625. The van der Waals surface area contributed by atoms with E-state index in [-0.39, 0.29) is 6.10 Å². The Morgan fingerprint density at radius 2 is 2.05 bits per heavy atom. The van der Waals surface area contributed by atoms with Crippen molar-refractivity contribution in [2.75, 3.05) is 19.7 Å². The molecule has 0 aromatic heterocycles. The molecule has 0 saturated heterocycles. The summed E-state index contributed by atoms with van der Waals surface area (Å²) < 4.78 is 6.01. The number of halogens is 1. The molecule has 1 atom stereocenters. The maximum Gasteiger partial charge on any atom is 0.0949 e. The van der Waals surface area contributed by atoms with Crippen LogP contribution in [0.4, 0.5) is 0 Å². The van der Waals surface area contributed by atoms with Gasteiger partial charge in [0.25, 0.3) is 0 Å². The molecule has 0 amide bonds. The molecule has 0 aliphatic rings. The van der Waals surface area contributed by atoms with Gasteiger partial charge in [0.1, 0.15) is 0 Å². The lowest BCUT2D eigenvalue weighted by Gasteiger charge is -2.19. The van der Waals surface area contributed by atoms with Crippen LogP contribution in [0.1, 0.15) is 51.2 Å². The van der Waals surface area contributed by atoms with E-state index in [1.54, 1.807) is 0 Å². The van der Waals surface area contributed by atoms with Crippen molar-refractivity contribution in [1.82, 2.24) is 5.32 Å². The van der Waals surface area contributed by atoms with E-state index in [0.717, 1.165) is 43.1 Å². The van der Waals surface area contributed by atoms with Gasteiger partial charge in [-0.05, 0) is 37.1 Å². The molecule has 2 nitrogen and oxygen atoms in total. The molecule has 0 spiro atoms. The quantitative estimate of drug-likeness (QED) is 0.634. The number of ether oxygens (including phenoxy) is 1. The third-order valence-corrected chi connectivity index (χ3v) is 3.28. The van der Waals surface area contributed by atoms with Gasteiger partial charge in [-0.1, -0.05) is 50.4 Å². The Balaban J connectivity index is 2.52. The summed E-state index contributed by atoms with van der Waals surface area (Å²) in [5.74, 6) is 0. The normalized spacial score (nSPS) is 12.6. The van der Waals surface area contributed by atoms with E-state index in [9.17, 15) is 0 Å². The fourth-order valence-electron chi connectivity index (χ4n) is 1.97. The van der Waals surface area contributed by atoms with Crippen LogP contribution in [0.25, 0.3) is 0 Å². The summed E-state index contributed by atoms with van der Waals surface area (Å²) in [5.41, 5.74) is 1.16. The zero-order chi connectivity index (χ0) is 13.9. The van der Waals surface area contributed by atoms with Gasteiger partial charge in [0.05, 0.1) is 6.10 Å². The second-order valence-electron chi connectivity index (χ2n) is 4.83. The second-order valence-corrected chi connectivity index (χ2v) is 5.26. The lowest BCUT2D eigenvalue weighted by molar-refractivity contribution is 0.0501. The highest BCUT2D eigenvalue weighted by molar-refractivity contribution is 6.30. The summed E-state index contributed by atoms with van der Waals surface area (Å²) in [7, 11) is 0. The molecular weight excluding hydrogens is 258 g/mol. The summed E-state index contributed by atoms with van der Waals surface area (Å²) in [6.07, 6.45) is 4.81. The first-order chi connectivity index (χ1) is 9.27. The smallest absolute Gasteiger partial charge is 0.0949 e. The summed E-state index contributed by atoms with van der Waals surface area (Å²) in [6.45, 7) is 7.06. The lowest BCUT2D eigenvalue weighted by atomic mass is 10.1. The predicted molar refractivity (Wildman–Crippen MR) is 82.8 cm³/mol. The van der Waals surface area contributed by atoms with Gasteiger partial charge in [0.15, 0.2) is 0 Å². The van der Waals surface area contributed by atoms with E-state index in [4.69, 9.17) is 16.3 Å². The van der Waals surface area contributed by atoms with Crippen LogP contribution in [0.15, 0.2) is 24.3 Å². The molecule has 19 heavy (non-hydrogen) atoms. The average Bonchev–Trinajstić information content (AvgIpc) is 2.41. The number of rotatable bonds is 10. The molecule has 0 aliphatic carbocycles. The van der Waals surface area contributed by atoms with Crippen molar-refractivity contribution >= 4 is 11.6 Å². The van der Waals surface area contributed by atoms with Crippen molar-refractivity contribution in [3.8, 4) is 0 Å². The molecular formula is C16H26ClNO. The maximum atomic E-state index is 6.06. The lowest BCUT2D eigenvalue weighted by Crippen LogP contribution is -2.24. The molecule has 1 aromatic rings. The topological polar surface area (TPSA) is 21.3 Å². The first-order valence-electron chi connectivity index (χ1n) is 7.35. The van der Waals surface area contributed by atoms with E-state index in [1.807, 2.05) is 18.2 Å². The maximum absolute atomic E-state index is 6.06. The SMILES string of the molecule is CCCCCOC(CNCCC)c1cccc(Cl)c1. The highest BCUT2D eigenvalue weighted by Crippen LogP contribution is 2.21. The number of hydrogen-bond acceptors (Lipinski definition) is 2. The van der Waals surface area contributed by atoms with Crippen LogP contribution >= 0.6 is 11.6 Å². The van der Waals surface area contributed by atoms with Crippen LogP contribution in [0, 0.1) is 0 Å². The van der Waals surface area contributed by atoms with Crippen LogP contribution in [0.3, 0.4) is 0 Å². The predicted octanol–water partition coefficient (Wildman–Crippen LogP) is 4.59. The third kappa shape index (κ3) is 6.95. The minimum Gasteiger partial charge on any atom is -0.372 e. The van der Waals surface area contributed by atoms with Crippen molar-refractivity contribution in [2.24, 2.45) is 0 Å². The number of hydrogen-bond donors (Lipinski definition) is 1. The van der Waals surface area contributed by atoms with Gasteiger partial charge in [-0.2, -0.15) is 0 Å². The first-order valence-corrected chi connectivity index (χ1v) is 7.73. The van der Waals surface area contributed by atoms with E-state index < -0.39 is 0 Å². The van der Waals surface area contributed by atoms with Crippen molar-refractivity contribution in [3.05, 3.63) is 34.9 Å². The fourth-order valence-corrected chi connectivity index (χ4v) is 2.17. The Morgan fingerprint density at radius 1 is 1.21 bits per heavy atom. The average molecular weight is 284 g/mol. The van der Waals surface area contributed by atoms with Crippen molar-refractivity contribution in [2.45, 2.75) is 45.6 Å². The molecule has 1 aromatic carbocycles. The minimum atomic E-state index is 0.0992. The van der Waals surface area contributed by atoms with E-state index in [0.29, 0.717) is 0 Å². The molecule has 0 bridgehead atoms. The van der Waals surface area contributed by atoms with E-state index in [2.05, 4.69) is 25.2 Å². The highest BCUT2D eigenvalue weighted by Gasteiger charge is 2.11. The van der Waals surface area contributed by atoms with Gasteiger partial charge in [0.2, 0.25) is 0 Å². The Bertz CT molecular complexity index is 343. The molecule has 0 fully saturated rings. The van der Waals surface area contributed by atoms with Gasteiger partial charge in [-0.25, -0.2) is 0 Å². The zero-order valence-electron chi connectivity index (χ0n) is 12.1. The molecule has 0 radical (unpaired) electrons. The van der Waals surface area contributed by atoms with Crippen LogP contribution in [-0.4, -0.2) is 19.7 Å². The molecule has 0 saturated carbocycles. The summed E-state index contributed by atoms with van der Waals surface area (Å²) in [6, 6.07) is 7.97. The number of nitrogens with one attached hydrogen (secondary N) is 1. The summed E-state index contributed by atoms with van der Waals surface area (Å²) in [4.78, 5) is 0. The highest BCUT2D eigenvalue weighted by atomic mass is 35.5. The summed E-state index contributed by atoms with van der Waals surface area (Å²) in [5, 5.41) is 4.20. The molecule has 1 unspecified atom stereocenters. The summed E-state index contributed by atoms with van der Waals surface area (Å²) >= 11 is 6.06. The molecule has 0 heterocycles. The Kier molecular flexibility index (Phi) is 8.89. The largest absolute Gasteiger partial charge is 0.372 e. The van der Waals surface area contributed by atoms with Crippen molar-refractivity contribution < 1.29 is 4.74 Å². The number of benzene rings is 1. The second kappa shape index (κ2) is 10.2. The van der Waals surface area contributed by atoms with Crippen molar-refractivity contribution in [3.63, 3.8) is 0 Å². The molecule has 0 aliphatic heterocycles. The van der Waals surface area contributed by atoms with Crippen LogP contribution < -0.4 is 5.32 Å². The first kappa shape index (κ1) is 16.5. The molecule has 108 valence electrons. The Labute approximate surface area is 122 Å². The Morgan fingerprint density at radius 3 is 2.74 bits per heavy atom. The third-order valence-electron chi connectivity index (χ3n) is 3.04. The van der Waals surface area contributed by atoms with Gasteiger partial charge >= 0.3 is 0 Å². The van der Waals surface area contributed by atoms with Gasteiger partial charge < -0.3 is 10.1 Å². The van der Waals surface area contributed by atoms with Gasteiger partial charge in [0, 0.05) is 18.2 Å².